The Hall–Kier alpha value is -1.83. The van der Waals surface area contributed by atoms with Crippen molar-refractivity contribution < 1.29 is 4.79 Å². The van der Waals surface area contributed by atoms with Crippen molar-refractivity contribution >= 4 is 50.9 Å². The molecule has 0 spiro atoms. The highest BCUT2D eigenvalue weighted by atomic mass is 79.9. The summed E-state index contributed by atoms with van der Waals surface area (Å²) in [4.78, 5) is 12.2. The Morgan fingerprint density at radius 1 is 1.23 bits per heavy atom. The monoisotopic (exact) mass is 450 g/mol. The maximum absolute atomic E-state index is 12.2. The molecule has 0 unspecified atom stereocenters. The summed E-state index contributed by atoms with van der Waals surface area (Å²) in [5, 5.41) is 12.7. The van der Waals surface area contributed by atoms with E-state index in [-0.39, 0.29) is 11.7 Å². The zero-order valence-electron chi connectivity index (χ0n) is 13.9. The lowest BCUT2D eigenvalue weighted by Gasteiger charge is -2.09. The first-order valence-electron chi connectivity index (χ1n) is 7.94. The van der Waals surface area contributed by atoms with Crippen LogP contribution in [0.2, 0.25) is 5.02 Å². The number of benzene rings is 2. The Morgan fingerprint density at radius 3 is 2.77 bits per heavy atom. The summed E-state index contributed by atoms with van der Waals surface area (Å²) < 4.78 is 2.87. The number of anilines is 1. The molecule has 0 saturated heterocycles. The molecule has 1 heterocycles. The molecule has 0 radical (unpaired) electrons. The molecule has 0 aliphatic carbocycles. The van der Waals surface area contributed by atoms with Gasteiger partial charge in [0.05, 0.1) is 10.8 Å². The number of hydrogen-bond acceptors (Lipinski definition) is 4. The van der Waals surface area contributed by atoms with E-state index >= 15 is 0 Å². The topological polar surface area (TPSA) is 59.8 Å². The number of hydrogen-bond donors (Lipinski definition) is 1. The Morgan fingerprint density at radius 2 is 2.04 bits per heavy atom. The fourth-order valence-corrected chi connectivity index (χ4v) is 3.84. The second kappa shape index (κ2) is 8.70. The van der Waals surface area contributed by atoms with Crippen LogP contribution in [-0.4, -0.2) is 26.4 Å². The number of carbonyl (C=O) groups excluding carboxylic acids is 1. The lowest BCUT2D eigenvalue weighted by Crippen LogP contribution is -2.14. The number of rotatable bonds is 6. The third kappa shape index (κ3) is 4.47. The van der Waals surface area contributed by atoms with Crippen LogP contribution in [0.3, 0.4) is 0 Å². The van der Waals surface area contributed by atoms with E-state index in [1.165, 1.54) is 11.8 Å². The Bertz CT molecular complexity index is 931. The molecule has 1 N–H and O–H groups in total. The molecule has 26 heavy (non-hydrogen) atoms. The van der Waals surface area contributed by atoms with Crippen molar-refractivity contribution in [3.8, 4) is 11.4 Å². The summed E-state index contributed by atoms with van der Waals surface area (Å²) in [5.74, 6) is 0.846. The summed E-state index contributed by atoms with van der Waals surface area (Å²) >= 11 is 11.0. The smallest absolute Gasteiger partial charge is 0.234 e. The lowest BCUT2D eigenvalue weighted by atomic mass is 10.2. The predicted octanol–water partition coefficient (Wildman–Crippen LogP) is 5.11. The van der Waals surface area contributed by atoms with Crippen molar-refractivity contribution in [2.45, 2.75) is 18.6 Å². The van der Waals surface area contributed by atoms with Crippen molar-refractivity contribution in [1.29, 1.82) is 0 Å². The van der Waals surface area contributed by atoms with Gasteiger partial charge in [0.1, 0.15) is 0 Å². The van der Waals surface area contributed by atoms with Crippen molar-refractivity contribution in [2.24, 2.45) is 0 Å². The van der Waals surface area contributed by atoms with Crippen molar-refractivity contribution in [1.82, 2.24) is 14.8 Å². The zero-order valence-corrected chi connectivity index (χ0v) is 17.1. The van der Waals surface area contributed by atoms with Gasteiger partial charge >= 0.3 is 0 Å². The summed E-state index contributed by atoms with van der Waals surface area (Å²) in [5.41, 5.74) is 1.58. The first kappa shape index (κ1) is 18.9. The molecule has 5 nitrogen and oxygen atoms in total. The molecule has 134 valence electrons. The molecule has 3 aromatic rings. The standard InChI is InChI=1S/C18H16BrClN4OS/c1-2-24-17(14-8-3-4-9-15(14)20)22-23-18(24)26-11-16(25)21-13-7-5-6-12(19)10-13/h3-10H,2,11H2,1H3,(H,21,25). The van der Waals surface area contributed by atoms with Gasteiger partial charge in [-0.3, -0.25) is 4.79 Å². The van der Waals surface area contributed by atoms with Crippen LogP contribution < -0.4 is 5.32 Å². The Balaban J connectivity index is 1.71. The highest BCUT2D eigenvalue weighted by molar-refractivity contribution is 9.10. The van der Waals surface area contributed by atoms with Crippen molar-refractivity contribution in [3.63, 3.8) is 0 Å². The number of nitrogens with one attached hydrogen (secondary N) is 1. The van der Waals surface area contributed by atoms with Gasteiger partial charge in [0, 0.05) is 22.3 Å². The molecular formula is C18H16BrClN4OS. The van der Waals surface area contributed by atoms with E-state index in [0.29, 0.717) is 22.5 Å². The first-order chi connectivity index (χ1) is 12.6. The van der Waals surface area contributed by atoms with E-state index in [9.17, 15) is 4.79 Å². The normalized spacial score (nSPS) is 10.7. The average molecular weight is 452 g/mol. The molecule has 0 saturated carbocycles. The van der Waals surface area contributed by atoms with Crippen LogP contribution in [0.15, 0.2) is 58.2 Å². The van der Waals surface area contributed by atoms with Gasteiger partial charge in [-0.1, -0.05) is 57.5 Å². The fourth-order valence-electron chi connectivity index (χ4n) is 2.42. The second-order valence-corrected chi connectivity index (χ2v) is 7.64. The van der Waals surface area contributed by atoms with Gasteiger partial charge in [-0.15, -0.1) is 10.2 Å². The molecule has 1 amide bonds. The number of nitrogens with zero attached hydrogens (tertiary/aromatic N) is 3. The predicted molar refractivity (Wildman–Crippen MR) is 110 cm³/mol. The van der Waals surface area contributed by atoms with E-state index < -0.39 is 0 Å². The lowest BCUT2D eigenvalue weighted by molar-refractivity contribution is -0.113. The van der Waals surface area contributed by atoms with E-state index in [1.807, 2.05) is 60.0 Å². The van der Waals surface area contributed by atoms with Crippen LogP contribution in [0.5, 0.6) is 0 Å². The number of halogens is 2. The van der Waals surface area contributed by atoms with E-state index in [4.69, 9.17) is 11.6 Å². The summed E-state index contributed by atoms with van der Waals surface area (Å²) in [6.45, 7) is 2.69. The second-order valence-electron chi connectivity index (χ2n) is 5.38. The highest BCUT2D eigenvalue weighted by Crippen LogP contribution is 2.29. The Labute approximate surface area is 169 Å². The van der Waals surface area contributed by atoms with E-state index in [2.05, 4.69) is 31.4 Å². The molecule has 0 bridgehead atoms. The maximum atomic E-state index is 12.2. The van der Waals surface area contributed by atoms with E-state index in [0.717, 1.165) is 15.7 Å². The summed E-state index contributed by atoms with van der Waals surface area (Å²) in [6.07, 6.45) is 0. The van der Waals surface area contributed by atoms with Crippen LogP contribution in [0.25, 0.3) is 11.4 Å². The van der Waals surface area contributed by atoms with Gasteiger partial charge in [0.15, 0.2) is 11.0 Å². The minimum absolute atomic E-state index is 0.0990. The van der Waals surface area contributed by atoms with Gasteiger partial charge < -0.3 is 9.88 Å². The molecule has 0 aliphatic rings. The quantitative estimate of drug-likeness (QED) is 0.529. The van der Waals surface area contributed by atoms with Crippen LogP contribution >= 0.6 is 39.3 Å². The van der Waals surface area contributed by atoms with Crippen molar-refractivity contribution in [2.75, 3.05) is 11.1 Å². The SMILES string of the molecule is CCn1c(SCC(=O)Nc2cccc(Br)c2)nnc1-c1ccccc1Cl. The summed E-state index contributed by atoms with van der Waals surface area (Å²) in [7, 11) is 0. The molecular weight excluding hydrogens is 436 g/mol. The molecule has 8 heteroatoms. The van der Waals surface area contributed by atoms with E-state index in [1.54, 1.807) is 0 Å². The molecule has 2 aromatic carbocycles. The number of aromatic nitrogens is 3. The zero-order chi connectivity index (χ0) is 18.5. The number of thioether (sulfide) groups is 1. The maximum Gasteiger partial charge on any atom is 0.234 e. The number of amides is 1. The largest absolute Gasteiger partial charge is 0.325 e. The average Bonchev–Trinajstić information content (AvgIpc) is 3.03. The first-order valence-corrected chi connectivity index (χ1v) is 10.1. The van der Waals surface area contributed by atoms with Gasteiger partial charge in [-0.25, -0.2) is 0 Å². The minimum Gasteiger partial charge on any atom is -0.325 e. The van der Waals surface area contributed by atoms with Gasteiger partial charge in [0.25, 0.3) is 0 Å². The van der Waals surface area contributed by atoms with Gasteiger partial charge in [-0.05, 0) is 37.3 Å². The minimum atomic E-state index is -0.0990. The molecule has 0 aliphatic heterocycles. The van der Waals surface area contributed by atoms with Gasteiger partial charge in [-0.2, -0.15) is 0 Å². The molecule has 3 rings (SSSR count). The van der Waals surface area contributed by atoms with Crippen LogP contribution in [-0.2, 0) is 11.3 Å². The van der Waals surface area contributed by atoms with Gasteiger partial charge in [0.2, 0.25) is 5.91 Å². The summed E-state index contributed by atoms with van der Waals surface area (Å²) in [6, 6.07) is 15.0. The third-order valence-electron chi connectivity index (χ3n) is 3.59. The fraction of sp³-hybridized carbons (Fsp3) is 0.167. The third-order valence-corrected chi connectivity index (χ3v) is 5.38. The van der Waals surface area contributed by atoms with Crippen LogP contribution in [0, 0.1) is 0 Å². The molecule has 1 aromatic heterocycles. The molecule has 0 atom stereocenters. The number of carbonyl (C=O) groups is 1. The van der Waals surface area contributed by atoms with Crippen LogP contribution in [0.4, 0.5) is 5.69 Å². The highest BCUT2D eigenvalue weighted by Gasteiger charge is 2.16. The van der Waals surface area contributed by atoms with Crippen molar-refractivity contribution in [3.05, 3.63) is 58.0 Å². The Kier molecular flexibility index (Phi) is 6.34. The van der Waals surface area contributed by atoms with Crippen LogP contribution in [0.1, 0.15) is 6.92 Å². The molecule has 0 fully saturated rings.